The van der Waals surface area contributed by atoms with E-state index in [0.29, 0.717) is 22.9 Å². The summed E-state index contributed by atoms with van der Waals surface area (Å²) in [5, 5.41) is 16.9. The summed E-state index contributed by atoms with van der Waals surface area (Å²) >= 11 is 7.93. The number of nitrogens with one attached hydrogen (secondary N) is 2. The molecule has 5 aliphatic rings. The predicted molar refractivity (Wildman–Crippen MR) is 306 cm³/mol. The first-order valence-corrected chi connectivity index (χ1v) is 29.8. The van der Waals surface area contributed by atoms with Crippen molar-refractivity contribution in [3.05, 3.63) is 46.5 Å². The van der Waals surface area contributed by atoms with E-state index in [2.05, 4.69) is 10.6 Å². The number of allylic oxidation sites excluding steroid dienone is 3. The van der Waals surface area contributed by atoms with Crippen LogP contribution in [0.5, 0.6) is 5.75 Å². The van der Waals surface area contributed by atoms with Crippen LogP contribution < -0.4 is 20.3 Å². The molecule has 0 aliphatic carbocycles. The number of carbonyl (C=O) groups excluding carboxylic acids is 10. The number of fused-ring (bicyclic) bond motifs is 5. The van der Waals surface area contributed by atoms with Crippen molar-refractivity contribution in [3.63, 3.8) is 0 Å². The van der Waals surface area contributed by atoms with Gasteiger partial charge in [-0.2, -0.15) is 0 Å². The number of esters is 1. The van der Waals surface area contributed by atoms with Gasteiger partial charge in [-0.1, -0.05) is 42.3 Å². The molecule has 4 saturated heterocycles. The largest absolute Gasteiger partial charge is 0.495 e. The molecule has 0 saturated carbocycles. The molecule has 1 aromatic rings. The molecule has 29 heteroatoms. The Morgan fingerprint density at radius 3 is 2.21 bits per heavy atom. The van der Waals surface area contributed by atoms with E-state index in [1.165, 1.54) is 45.0 Å². The zero-order valence-electron chi connectivity index (χ0n) is 49.8. The Morgan fingerprint density at radius 1 is 0.907 bits per heavy atom. The summed E-state index contributed by atoms with van der Waals surface area (Å²) in [5.41, 5.74) is -1.27. The highest BCUT2D eigenvalue weighted by Gasteiger charge is 2.64. The molecule has 6 rings (SSSR count). The minimum absolute atomic E-state index is 0.0142. The third-order valence-electron chi connectivity index (χ3n) is 15.3. The molecule has 5 heterocycles. The highest BCUT2D eigenvalue weighted by atomic mass is 35.5. The number of methoxy groups -OCH3 is 2. The number of likely N-dealkylation sites (N-methyl/N-ethyl adjacent to an activating group) is 1. The van der Waals surface area contributed by atoms with Gasteiger partial charge in [0.1, 0.15) is 40.7 Å². The van der Waals surface area contributed by atoms with Crippen molar-refractivity contribution in [3.8, 4) is 5.75 Å². The maximum Gasteiger partial charge on any atom is 0.409 e. The molecule has 9 atom stereocenters. The Hall–Kier alpha value is -6.24. The molecule has 0 radical (unpaired) electrons. The maximum absolute atomic E-state index is 14.4. The zero-order valence-corrected chi connectivity index (χ0v) is 51.3. The number of halogens is 1. The molecule has 8 amide bonds. The lowest BCUT2D eigenvalue weighted by Gasteiger charge is -2.42. The lowest BCUT2D eigenvalue weighted by Crippen LogP contribution is -2.63. The van der Waals surface area contributed by atoms with E-state index in [9.17, 15) is 53.1 Å². The number of hydroxylamine groups is 2. The molecule has 27 nitrogen and oxygen atoms in total. The minimum Gasteiger partial charge on any atom is -0.495 e. The molecule has 476 valence electrons. The third-order valence-corrected chi connectivity index (χ3v) is 16.8. The Morgan fingerprint density at radius 2 is 1.56 bits per heavy atom. The number of aliphatic hydroxyl groups is 1. The normalized spacial score (nSPS) is 26.5. The number of anilines is 1. The van der Waals surface area contributed by atoms with E-state index >= 15 is 0 Å². The molecule has 86 heavy (non-hydrogen) atoms. The van der Waals surface area contributed by atoms with Crippen LogP contribution in [0.15, 0.2) is 35.9 Å². The number of amides is 8. The van der Waals surface area contributed by atoms with Gasteiger partial charge in [0.2, 0.25) is 29.5 Å². The van der Waals surface area contributed by atoms with Gasteiger partial charge in [-0.3, -0.25) is 43.8 Å². The summed E-state index contributed by atoms with van der Waals surface area (Å²) < 4.78 is 51.0. The van der Waals surface area contributed by atoms with Crippen LogP contribution in [0.25, 0.3) is 0 Å². The SMILES string of the molecule is COc1cc2cc(c1Cl)N(C)C(=O)CC(OC(=O)C(C)N(C)C(=O)CCSC1CC(=O)N(CCC(=O)NCCOCCOCCOCCOCCC(=O)ON3C(=O)CCC3=O)C1=O)C1(C)OC1C(C)C1CC(O)(NC(=O)O1)C(OC)/C=C/C=C(\C)C2. The van der Waals surface area contributed by atoms with Crippen LogP contribution in [0.1, 0.15) is 84.6 Å². The number of hydrogen-bond donors (Lipinski definition) is 3. The van der Waals surface area contributed by atoms with Crippen LogP contribution in [-0.4, -0.2) is 226 Å². The topological polar surface area (TPSA) is 324 Å². The van der Waals surface area contributed by atoms with Gasteiger partial charge in [-0.25, -0.2) is 14.4 Å². The van der Waals surface area contributed by atoms with E-state index < -0.39 is 119 Å². The van der Waals surface area contributed by atoms with Crippen molar-refractivity contribution < 1.29 is 101 Å². The Balaban J connectivity index is 0.915. The number of ether oxygens (including phenoxy) is 9. The van der Waals surface area contributed by atoms with Crippen LogP contribution in [0.4, 0.5) is 10.5 Å². The quantitative estimate of drug-likeness (QED) is 0.0469. The van der Waals surface area contributed by atoms with E-state index in [1.54, 1.807) is 38.1 Å². The first-order chi connectivity index (χ1) is 40.9. The van der Waals surface area contributed by atoms with Crippen molar-refractivity contribution in [1.29, 1.82) is 0 Å². The Labute approximate surface area is 508 Å². The third kappa shape index (κ3) is 18.6. The first kappa shape index (κ1) is 68.9. The van der Waals surface area contributed by atoms with Gasteiger partial charge in [-0.15, -0.1) is 16.8 Å². The number of thioether (sulfide) groups is 1. The number of alkyl carbamates (subject to hydrolysis) is 1. The van der Waals surface area contributed by atoms with Gasteiger partial charge < -0.3 is 67.7 Å². The molecule has 4 bridgehead atoms. The highest BCUT2D eigenvalue weighted by Crippen LogP contribution is 2.49. The summed E-state index contributed by atoms with van der Waals surface area (Å²) in [7, 11) is 5.80. The van der Waals surface area contributed by atoms with E-state index in [1.807, 2.05) is 13.0 Å². The second-order valence-electron chi connectivity index (χ2n) is 21.4. The fourth-order valence-corrected chi connectivity index (χ4v) is 11.4. The average molecular weight is 1250 g/mol. The number of likely N-dealkylation sites (tertiary alicyclic amines) is 1. The van der Waals surface area contributed by atoms with Crippen LogP contribution in [0.2, 0.25) is 5.02 Å². The van der Waals surface area contributed by atoms with Crippen LogP contribution >= 0.6 is 23.4 Å². The Kier molecular flexibility index (Phi) is 25.7. The number of epoxide rings is 1. The lowest BCUT2D eigenvalue weighted by atomic mass is 9.83. The predicted octanol–water partition coefficient (Wildman–Crippen LogP) is 2.34. The van der Waals surface area contributed by atoms with Crippen molar-refractivity contribution in [2.75, 3.05) is 105 Å². The molecule has 3 N–H and O–H groups in total. The highest BCUT2D eigenvalue weighted by molar-refractivity contribution is 8.00. The van der Waals surface area contributed by atoms with E-state index in [-0.39, 0.29) is 122 Å². The van der Waals surface area contributed by atoms with Crippen molar-refractivity contribution >= 4 is 88.4 Å². The molecule has 1 aromatic carbocycles. The molecule has 0 aromatic heterocycles. The fourth-order valence-electron chi connectivity index (χ4n) is 9.99. The number of hydrogen-bond acceptors (Lipinski definition) is 22. The van der Waals surface area contributed by atoms with E-state index in [4.69, 9.17) is 59.1 Å². The molecule has 5 aliphatic heterocycles. The van der Waals surface area contributed by atoms with Gasteiger partial charge >= 0.3 is 18.0 Å². The molecule has 4 fully saturated rings. The molecule has 9 unspecified atom stereocenters. The van der Waals surface area contributed by atoms with Crippen LogP contribution in [0.3, 0.4) is 0 Å². The monoisotopic (exact) mass is 1250 g/mol. The smallest absolute Gasteiger partial charge is 0.409 e. The first-order valence-electron chi connectivity index (χ1n) is 28.4. The van der Waals surface area contributed by atoms with Crippen LogP contribution in [0, 0.1) is 5.92 Å². The number of rotatable bonds is 28. The summed E-state index contributed by atoms with van der Waals surface area (Å²) in [6, 6.07) is 2.33. The maximum atomic E-state index is 14.4. The van der Waals surface area contributed by atoms with Crippen molar-refractivity contribution in [1.82, 2.24) is 25.5 Å². The fraction of sp³-hybridized carbons (Fsp3) is 0.649. The second kappa shape index (κ2) is 32.1. The standard InChI is InChI=1S/C57H79ClN6O21S/c1-34-10-9-11-42(77-8)57(75)33-40(82-55(74)60-57)35(2)52-56(4,84-52)43(32-48(69)62(6)38-29-37(28-34)30-39(76-7)51(38)58)83-54(73)36(3)61(5)45(66)16-27-86-41-31-49(70)63(53(41)72)18-14-44(65)59-17-20-79-22-24-81-26-25-80-23-21-78-19-15-50(71)85-64-46(67)12-13-47(64)68/h9-11,29-30,35-36,40-43,52,75H,12-28,31-33H2,1-8H3,(H,59,65)(H,60,74)/b11-9+,34-10+. The van der Waals surface area contributed by atoms with Gasteiger partial charge in [0.15, 0.2) is 5.72 Å². The minimum atomic E-state index is -1.90. The number of benzene rings is 1. The lowest BCUT2D eigenvalue weighted by molar-refractivity contribution is -0.198. The van der Waals surface area contributed by atoms with E-state index in [0.717, 1.165) is 27.8 Å². The zero-order chi connectivity index (χ0) is 62.9. The summed E-state index contributed by atoms with van der Waals surface area (Å²) in [5.74, 6) is -5.21. The second-order valence-corrected chi connectivity index (χ2v) is 23.1. The molecular weight excluding hydrogens is 1170 g/mol. The van der Waals surface area contributed by atoms with Crippen molar-refractivity contribution in [2.24, 2.45) is 5.92 Å². The number of carbonyl (C=O) groups is 10. The number of nitrogens with zero attached hydrogens (tertiary/aromatic N) is 4. The van der Waals surface area contributed by atoms with Gasteiger partial charge in [-0.05, 0) is 44.9 Å². The van der Waals surface area contributed by atoms with Crippen molar-refractivity contribution in [2.45, 2.75) is 133 Å². The van der Waals surface area contributed by atoms with Gasteiger partial charge in [0.25, 0.3) is 11.8 Å². The molecular formula is C57H79ClN6O21S. The average Bonchev–Trinajstić information content (AvgIpc) is 1.58. The number of imide groups is 2. The molecule has 0 spiro atoms. The Bertz CT molecular complexity index is 2700. The summed E-state index contributed by atoms with van der Waals surface area (Å²) in [6.07, 6.45) is -0.294. The van der Waals surface area contributed by atoms with Gasteiger partial charge in [0.05, 0.1) is 89.8 Å². The summed E-state index contributed by atoms with van der Waals surface area (Å²) in [4.78, 5) is 137. The summed E-state index contributed by atoms with van der Waals surface area (Å²) in [6.45, 7) is 8.56. The van der Waals surface area contributed by atoms with Crippen LogP contribution in [-0.2, 0) is 92.3 Å². The van der Waals surface area contributed by atoms with Gasteiger partial charge in [0, 0.05) is 84.5 Å².